The zero-order chi connectivity index (χ0) is 23.7. The van der Waals surface area contributed by atoms with Gasteiger partial charge in [0.2, 0.25) is 0 Å². The van der Waals surface area contributed by atoms with Gasteiger partial charge in [0.1, 0.15) is 10.6 Å². The quantitative estimate of drug-likeness (QED) is 0.639. The maximum absolute atomic E-state index is 13.6. The number of carbonyl (C=O) groups is 1. The molecular weight excluding hydrogens is 456 g/mol. The summed E-state index contributed by atoms with van der Waals surface area (Å²) in [6.07, 6.45) is 0.821. The van der Waals surface area contributed by atoms with Crippen molar-refractivity contribution in [3.8, 4) is 5.75 Å². The fraction of sp³-hybridized carbons (Fsp3) is 0.667. The number of likely N-dealkylation sites (tertiary alicyclic amines) is 1. The van der Waals surface area contributed by atoms with Crippen LogP contribution in [0.3, 0.4) is 0 Å². The molecule has 32 heavy (non-hydrogen) atoms. The molecule has 0 spiro atoms. The lowest BCUT2D eigenvalue weighted by molar-refractivity contribution is 0.0945. The molecule has 1 N–H and O–H groups in total. The average Bonchev–Trinajstić information content (AvgIpc) is 3.05. The third-order valence-electron chi connectivity index (χ3n) is 6.26. The van der Waals surface area contributed by atoms with Crippen LogP contribution in [0, 0.1) is 13.8 Å². The molecule has 2 heterocycles. The summed E-state index contributed by atoms with van der Waals surface area (Å²) in [4.78, 5) is 13.5. The number of benzene rings is 1. The highest BCUT2D eigenvalue weighted by molar-refractivity contribution is 7.96. The second kappa shape index (κ2) is 9.56. The summed E-state index contributed by atoms with van der Waals surface area (Å²) in [7, 11) is -6.09. The van der Waals surface area contributed by atoms with Crippen LogP contribution in [0.2, 0.25) is 0 Å². The van der Waals surface area contributed by atoms with Crippen LogP contribution in [-0.2, 0) is 24.4 Å². The van der Waals surface area contributed by atoms with Gasteiger partial charge in [0.15, 0.2) is 19.7 Å². The predicted octanol–water partition coefficient (Wildman–Crippen LogP) is 1.46. The van der Waals surface area contributed by atoms with E-state index in [4.69, 9.17) is 9.47 Å². The van der Waals surface area contributed by atoms with Crippen molar-refractivity contribution in [1.29, 1.82) is 0 Å². The number of amides is 1. The number of methoxy groups -OCH3 is 1. The van der Waals surface area contributed by atoms with Crippen LogP contribution in [0.4, 0.5) is 4.79 Å². The van der Waals surface area contributed by atoms with E-state index < -0.39 is 36.7 Å². The van der Waals surface area contributed by atoms with E-state index in [0.717, 1.165) is 11.1 Å². The summed E-state index contributed by atoms with van der Waals surface area (Å²) in [5.74, 6) is -0.439. The van der Waals surface area contributed by atoms with Gasteiger partial charge in [-0.2, -0.15) is 0 Å². The number of carbonyl (C=O) groups excluding carboxylic acids is 1. The van der Waals surface area contributed by atoms with E-state index in [2.05, 4.69) is 5.32 Å². The molecule has 0 unspecified atom stereocenters. The standard InChI is InChI=1S/C21H32N2O7S2/c1-5-30-21(24)23-8-6-16(7-9-23)22-17-12-31(25,26)13-20(17)32(27,28)19-11-15(3)14(2)10-18(19)29-4/h10-11,16-17,20,22H,5-9,12-13H2,1-4H3/t17-,20-/m0/s1. The zero-order valence-electron chi connectivity index (χ0n) is 19.0. The van der Waals surface area contributed by atoms with Crippen LogP contribution < -0.4 is 10.1 Å². The molecule has 2 saturated heterocycles. The first-order chi connectivity index (χ1) is 15.0. The molecular formula is C21H32N2O7S2. The SMILES string of the molecule is CCOC(=O)N1CCC(N[C@H]2CS(=O)(=O)C[C@@H]2S(=O)(=O)c2cc(C)c(C)cc2OC)CC1. The summed E-state index contributed by atoms with van der Waals surface area (Å²) < 4.78 is 62.4. The Hall–Kier alpha value is -1.85. The number of ether oxygens (including phenoxy) is 2. The van der Waals surface area contributed by atoms with Crippen molar-refractivity contribution in [3.05, 3.63) is 23.3 Å². The van der Waals surface area contributed by atoms with Gasteiger partial charge in [-0.15, -0.1) is 0 Å². The molecule has 0 bridgehead atoms. The Morgan fingerprint density at radius 2 is 1.78 bits per heavy atom. The monoisotopic (exact) mass is 488 g/mol. The highest BCUT2D eigenvalue weighted by Gasteiger charge is 2.47. The van der Waals surface area contributed by atoms with Crippen LogP contribution in [0.15, 0.2) is 17.0 Å². The second-order valence-corrected chi connectivity index (χ2v) is 12.8. The Morgan fingerprint density at radius 1 is 1.16 bits per heavy atom. The smallest absolute Gasteiger partial charge is 0.409 e. The first-order valence-electron chi connectivity index (χ1n) is 10.8. The van der Waals surface area contributed by atoms with E-state index in [1.165, 1.54) is 7.11 Å². The Morgan fingerprint density at radius 3 is 2.38 bits per heavy atom. The Bertz CT molecular complexity index is 1060. The van der Waals surface area contributed by atoms with Crippen LogP contribution in [0.5, 0.6) is 5.75 Å². The minimum Gasteiger partial charge on any atom is -0.495 e. The molecule has 0 aliphatic carbocycles. The van der Waals surface area contributed by atoms with Gasteiger partial charge in [0.25, 0.3) is 0 Å². The Balaban J connectivity index is 1.81. The van der Waals surface area contributed by atoms with Crippen molar-refractivity contribution in [2.24, 2.45) is 0 Å². The predicted molar refractivity (Wildman–Crippen MR) is 121 cm³/mol. The molecule has 2 fully saturated rings. The van der Waals surface area contributed by atoms with Crippen LogP contribution in [0.25, 0.3) is 0 Å². The normalized spacial score (nSPS) is 23.8. The first kappa shape index (κ1) is 24.8. The first-order valence-corrected chi connectivity index (χ1v) is 14.1. The zero-order valence-corrected chi connectivity index (χ0v) is 20.6. The van der Waals surface area contributed by atoms with Gasteiger partial charge in [0, 0.05) is 25.2 Å². The van der Waals surface area contributed by atoms with E-state index in [1.54, 1.807) is 24.0 Å². The van der Waals surface area contributed by atoms with Crippen molar-refractivity contribution >= 4 is 25.8 Å². The van der Waals surface area contributed by atoms with Crippen LogP contribution in [-0.4, -0.2) is 83.5 Å². The van der Waals surface area contributed by atoms with Crippen molar-refractivity contribution in [2.75, 3.05) is 38.3 Å². The molecule has 180 valence electrons. The molecule has 2 atom stereocenters. The maximum Gasteiger partial charge on any atom is 0.409 e. The lowest BCUT2D eigenvalue weighted by atomic mass is 10.0. The fourth-order valence-corrected chi connectivity index (χ4v) is 9.23. The average molecular weight is 489 g/mol. The van der Waals surface area contributed by atoms with Crippen molar-refractivity contribution in [3.63, 3.8) is 0 Å². The molecule has 11 heteroatoms. The van der Waals surface area contributed by atoms with Crippen molar-refractivity contribution in [1.82, 2.24) is 10.2 Å². The summed E-state index contributed by atoms with van der Waals surface area (Å²) in [6.45, 7) is 6.67. The van der Waals surface area contributed by atoms with Gasteiger partial charge in [-0.05, 0) is 56.9 Å². The summed E-state index contributed by atoms with van der Waals surface area (Å²) in [5, 5.41) is 2.17. The number of hydrogen-bond acceptors (Lipinski definition) is 8. The third kappa shape index (κ3) is 5.20. The molecule has 2 aliphatic rings. The highest BCUT2D eigenvalue weighted by Crippen LogP contribution is 2.34. The number of rotatable bonds is 6. The molecule has 0 aromatic heterocycles. The third-order valence-corrected chi connectivity index (χ3v) is 10.4. The van der Waals surface area contributed by atoms with Gasteiger partial charge in [-0.1, -0.05) is 0 Å². The molecule has 9 nitrogen and oxygen atoms in total. The number of nitrogens with zero attached hydrogens (tertiary/aromatic N) is 1. The molecule has 0 saturated carbocycles. The molecule has 1 aromatic carbocycles. The van der Waals surface area contributed by atoms with Gasteiger partial charge in [-0.25, -0.2) is 21.6 Å². The molecule has 1 aromatic rings. The number of sulfone groups is 2. The number of hydrogen-bond donors (Lipinski definition) is 1. The van der Waals surface area contributed by atoms with Gasteiger partial charge in [0.05, 0.1) is 30.5 Å². The minimum absolute atomic E-state index is 0.0223. The maximum atomic E-state index is 13.6. The molecule has 2 aliphatic heterocycles. The second-order valence-electron chi connectivity index (χ2n) is 8.48. The molecule has 3 rings (SSSR count). The topological polar surface area (TPSA) is 119 Å². The van der Waals surface area contributed by atoms with Crippen LogP contribution in [0.1, 0.15) is 30.9 Å². The van der Waals surface area contributed by atoms with Gasteiger partial charge in [-0.3, -0.25) is 0 Å². The largest absolute Gasteiger partial charge is 0.495 e. The lowest BCUT2D eigenvalue weighted by Gasteiger charge is -2.34. The van der Waals surface area contributed by atoms with E-state index in [0.29, 0.717) is 32.5 Å². The Labute approximate surface area is 190 Å². The highest BCUT2D eigenvalue weighted by atomic mass is 32.2. The van der Waals surface area contributed by atoms with E-state index in [9.17, 15) is 21.6 Å². The van der Waals surface area contributed by atoms with Gasteiger partial charge >= 0.3 is 6.09 Å². The number of nitrogens with one attached hydrogen (secondary N) is 1. The number of aryl methyl sites for hydroxylation is 2. The van der Waals surface area contributed by atoms with Crippen LogP contribution >= 0.6 is 0 Å². The Kier molecular flexibility index (Phi) is 7.41. The number of piperidine rings is 1. The van der Waals surface area contributed by atoms with E-state index >= 15 is 0 Å². The van der Waals surface area contributed by atoms with Crippen molar-refractivity contribution < 1.29 is 31.1 Å². The summed E-state index contributed by atoms with van der Waals surface area (Å²) >= 11 is 0. The molecule has 1 amide bonds. The minimum atomic E-state index is -3.97. The molecule has 0 radical (unpaired) electrons. The van der Waals surface area contributed by atoms with E-state index in [1.807, 2.05) is 13.8 Å². The summed E-state index contributed by atoms with van der Waals surface area (Å²) in [6, 6.07) is 2.41. The lowest BCUT2D eigenvalue weighted by Crippen LogP contribution is -2.52. The summed E-state index contributed by atoms with van der Waals surface area (Å²) in [5.41, 5.74) is 1.68. The van der Waals surface area contributed by atoms with E-state index in [-0.39, 0.29) is 28.5 Å². The fourth-order valence-electron chi connectivity index (χ4n) is 4.33. The van der Waals surface area contributed by atoms with Crippen molar-refractivity contribution in [2.45, 2.75) is 55.8 Å². The van der Waals surface area contributed by atoms with Gasteiger partial charge < -0.3 is 19.7 Å².